The molecule has 1 heterocycles. The first kappa shape index (κ1) is 10.8. The largest absolute Gasteiger partial charge is 0.555 e. The molecule has 2 rings (SSSR count). The molecule has 78 valence electrons. The summed E-state index contributed by atoms with van der Waals surface area (Å²) >= 11 is 3.46. The molecule has 0 atom stereocenters. The zero-order chi connectivity index (χ0) is 11.2. The average molecular weight is 267 g/mol. The number of benzene rings is 1. The second-order valence-electron chi connectivity index (χ2n) is 3.88. The summed E-state index contributed by atoms with van der Waals surface area (Å²) in [5, 5.41) is 9.70. The molecule has 1 aliphatic heterocycles. The standard InChI is InChI=1S/C11H12BBrO2/c1-6-4-9(13)5-10-7(2)8(3)12(14)15-11(6)10/h4-5,14H,1-3H3. The van der Waals surface area contributed by atoms with Gasteiger partial charge in [-0.15, -0.1) is 0 Å². The second kappa shape index (κ2) is 3.69. The van der Waals surface area contributed by atoms with Gasteiger partial charge in [0.2, 0.25) is 0 Å². The van der Waals surface area contributed by atoms with Crippen LogP contribution < -0.4 is 4.65 Å². The highest BCUT2D eigenvalue weighted by atomic mass is 79.9. The third-order valence-corrected chi connectivity index (χ3v) is 3.29. The Morgan fingerprint density at radius 2 is 1.93 bits per heavy atom. The van der Waals surface area contributed by atoms with E-state index < -0.39 is 7.12 Å². The molecule has 0 radical (unpaired) electrons. The molecule has 0 spiro atoms. The third-order valence-electron chi connectivity index (χ3n) is 2.83. The third kappa shape index (κ3) is 1.72. The van der Waals surface area contributed by atoms with Gasteiger partial charge in [-0.2, -0.15) is 0 Å². The van der Waals surface area contributed by atoms with Gasteiger partial charge in [0.05, 0.1) is 0 Å². The molecule has 0 amide bonds. The molecular formula is C11H12BBrO2. The number of hydrogen-bond donors (Lipinski definition) is 1. The maximum Gasteiger partial charge on any atom is 0.555 e. The molecule has 15 heavy (non-hydrogen) atoms. The van der Waals surface area contributed by atoms with E-state index >= 15 is 0 Å². The Balaban J connectivity index is 2.69. The van der Waals surface area contributed by atoms with Crippen molar-refractivity contribution in [2.75, 3.05) is 0 Å². The molecule has 0 saturated heterocycles. The summed E-state index contributed by atoms with van der Waals surface area (Å²) in [5.41, 5.74) is 4.06. The molecule has 0 aliphatic carbocycles. The number of fused-ring (bicyclic) bond motifs is 1. The van der Waals surface area contributed by atoms with Crippen LogP contribution in [0.1, 0.15) is 25.0 Å². The highest BCUT2D eigenvalue weighted by molar-refractivity contribution is 9.10. The molecular weight excluding hydrogens is 255 g/mol. The zero-order valence-corrected chi connectivity index (χ0v) is 10.6. The highest BCUT2D eigenvalue weighted by Crippen LogP contribution is 2.38. The van der Waals surface area contributed by atoms with Gasteiger partial charge in [0.15, 0.2) is 0 Å². The van der Waals surface area contributed by atoms with Gasteiger partial charge in [-0.1, -0.05) is 15.9 Å². The van der Waals surface area contributed by atoms with Crippen molar-refractivity contribution in [1.29, 1.82) is 0 Å². The predicted molar refractivity (Wildman–Crippen MR) is 65.7 cm³/mol. The fraction of sp³-hybridized carbons (Fsp3) is 0.273. The van der Waals surface area contributed by atoms with Gasteiger partial charge >= 0.3 is 7.12 Å². The SMILES string of the molecule is CC1=C(C)c2cc(Br)cc(C)c2OB1O. The predicted octanol–water partition coefficient (Wildman–Crippen LogP) is 2.96. The summed E-state index contributed by atoms with van der Waals surface area (Å²) in [5.74, 6) is 0.786. The van der Waals surface area contributed by atoms with E-state index in [1.807, 2.05) is 32.9 Å². The Morgan fingerprint density at radius 1 is 1.27 bits per heavy atom. The van der Waals surface area contributed by atoms with Crippen LogP contribution in [-0.2, 0) is 0 Å². The maximum atomic E-state index is 9.70. The zero-order valence-electron chi connectivity index (χ0n) is 8.97. The topological polar surface area (TPSA) is 29.5 Å². The summed E-state index contributed by atoms with van der Waals surface area (Å²) in [6.07, 6.45) is 0. The summed E-state index contributed by atoms with van der Waals surface area (Å²) in [6.45, 7) is 5.87. The lowest BCUT2D eigenvalue weighted by Gasteiger charge is -2.24. The van der Waals surface area contributed by atoms with Crippen molar-refractivity contribution in [2.24, 2.45) is 0 Å². The van der Waals surface area contributed by atoms with Crippen molar-refractivity contribution >= 4 is 28.6 Å². The molecule has 0 unspecified atom stereocenters. The van der Waals surface area contributed by atoms with E-state index in [0.29, 0.717) is 0 Å². The van der Waals surface area contributed by atoms with E-state index in [0.717, 1.165) is 32.4 Å². The average Bonchev–Trinajstić information content (AvgIpc) is 2.17. The molecule has 0 saturated carbocycles. The Kier molecular flexibility index (Phi) is 2.65. The molecule has 0 fully saturated rings. The van der Waals surface area contributed by atoms with Gasteiger partial charge in [-0.05, 0) is 49.5 Å². The van der Waals surface area contributed by atoms with Gasteiger partial charge in [-0.25, -0.2) is 0 Å². The quantitative estimate of drug-likeness (QED) is 0.732. The lowest BCUT2D eigenvalue weighted by atomic mass is 9.73. The van der Waals surface area contributed by atoms with Crippen LogP contribution in [0.4, 0.5) is 0 Å². The van der Waals surface area contributed by atoms with Crippen molar-refractivity contribution in [3.8, 4) is 5.75 Å². The fourth-order valence-corrected chi connectivity index (χ4v) is 2.33. The lowest BCUT2D eigenvalue weighted by Crippen LogP contribution is -2.28. The van der Waals surface area contributed by atoms with E-state index in [4.69, 9.17) is 4.65 Å². The number of hydrogen-bond acceptors (Lipinski definition) is 2. The number of halogens is 1. The maximum absolute atomic E-state index is 9.70. The van der Waals surface area contributed by atoms with Crippen molar-refractivity contribution in [3.63, 3.8) is 0 Å². The van der Waals surface area contributed by atoms with E-state index in [9.17, 15) is 5.02 Å². The molecule has 1 aliphatic rings. The molecule has 1 aromatic carbocycles. The van der Waals surface area contributed by atoms with Crippen molar-refractivity contribution < 1.29 is 9.68 Å². The van der Waals surface area contributed by atoms with Crippen LogP contribution in [0.3, 0.4) is 0 Å². The van der Waals surface area contributed by atoms with Crippen LogP contribution in [0.5, 0.6) is 5.75 Å². The normalized spacial score (nSPS) is 15.1. The van der Waals surface area contributed by atoms with E-state index in [-0.39, 0.29) is 0 Å². The van der Waals surface area contributed by atoms with Crippen LogP contribution in [-0.4, -0.2) is 12.1 Å². The number of rotatable bonds is 0. The van der Waals surface area contributed by atoms with Gasteiger partial charge < -0.3 is 9.68 Å². The van der Waals surface area contributed by atoms with Crippen molar-refractivity contribution in [1.82, 2.24) is 0 Å². The highest BCUT2D eigenvalue weighted by Gasteiger charge is 2.28. The van der Waals surface area contributed by atoms with Crippen LogP contribution in [0.2, 0.25) is 0 Å². The first-order valence-corrected chi connectivity index (χ1v) is 5.62. The monoisotopic (exact) mass is 266 g/mol. The van der Waals surface area contributed by atoms with E-state index in [2.05, 4.69) is 15.9 Å². The van der Waals surface area contributed by atoms with Gasteiger partial charge in [-0.3, -0.25) is 0 Å². The lowest BCUT2D eigenvalue weighted by molar-refractivity contribution is 0.420. The van der Waals surface area contributed by atoms with Crippen LogP contribution in [0, 0.1) is 6.92 Å². The molecule has 1 aromatic rings. The minimum Gasteiger partial charge on any atom is -0.532 e. The van der Waals surface area contributed by atoms with Crippen LogP contribution in [0.25, 0.3) is 5.57 Å². The van der Waals surface area contributed by atoms with E-state index in [1.165, 1.54) is 0 Å². The molecule has 4 heteroatoms. The van der Waals surface area contributed by atoms with Crippen molar-refractivity contribution in [3.05, 3.63) is 33.2 Å². The van der Waals surface area contributed by atoms with Gasteiger partial charge in [0, 0.05) is 10.0 Å². The van der Waals surface area contributed by atoms with Gasteiger partial charge in [0.25, 0.3) is 0 Å². The smallest absolute Gasteiger partial charge is 0.532 e. The summed E-state index contributed by atoms with van der Waals surface area (Å²) in [6, 6.07) is 4.01. The first-order chi connectivity index (χ1) is 7.00. The van der Waals surface area contributed by atoms with E-state index in [1.54, 1.807) is 0 Å². The Bertz CT molecular complexity index is 454. The number of allylic oxidation sites excluding steroid dienone is 2. The van der Waals surface area contributed by atoms with Crippen molar-refractivity contribution in [2.45, 2.75) is 20.8 Å². The molecule has 2 nitrogen and oxygen atoms in total. The van der Waals surface area contributed by atoms with Crippen LogP contribution >= 0.6 is 15.9 Å². The minimum absolute atomic E-state index is 0.786. The first-order valence-electron chi connectivity index (χ1n) is 4.83. The molecule has 1 N–H and O–H groups in total. The summed E-state index contributed by atoms with van der Waals surface area (Å²) in [7, 11) is -0.808. The van der Waals surface area contributed by atoms with Crippen LogP contribution in [0.15, 0.2) is 22.1 Å². The minimum atomic E-state index is -0.808. The fourth-order valence-electron chi connectivity index (χ4n) is 1.76. The molecule has 0 aromatic heterocycles. The molecule has 0 bridgehead atoms. The number of aryl methyl sites for hydroxylation is 1. The Labute approximate surface area is 98.2 Å². The Morgan fingerprint density at radius 3 is 2.60 bits per heavy atom. The van der Waals surface area contributed by atoms with Gasteiger partial charge in [0.1, 0.15) is 5.75 Å². The Hall–Kier alpha value is -0.735. The summed E-state index contributed by atoms with van der Waals surface area (Å²) in [4.78, 5) is 0. The summed E-state index contributed by atoms with van der Waals surface area (Å²) < 4.78 is 6.51. The second-order valence-corrected chi connectivity index (χ2v) is 4.79.